The Labute approximate surface area is 151 Å². The van der Waals surface area contributed by atoms with Gasteiger partial charge in [-0.15, -0.1) is 0 Å². The van der Waals surface area contributed by atoms with Gasteiger partial charge < -0.3 is 14.0 Å². The number of fused-ring (bicyclic) bond motifs is 1. The number of hydrogen-bond donors (Lipinski definition) is 0. The molecule has 0 saturated carbocycles. The van der Waals surface area contributed by atoms with Crippen molar-refractivity contribution in [3.8, 4) is 11.3 Å². The van der Waals surface area contributed by atoms with E-state index in [1.165, 1.54) is 0 Å². The summed E-state index contributed by atoms with van der Waals surface area (Å²) in [4.78, 5) is 15.7. The Morgan fingerprint density at radius 1 is 1.32 bits per heavy atom. The molecule has 0 unspecified atom stereocenters. The van der Waals surface area contributed by atoms with Gasteiger partial charge in [0, 0.05) is 28.4 Å². The van der Waals surface area contributed by atoms with Gasteiger partial charge in [-0.3, -0.25) is 4.98 Å². The number of halogens is 1. The van der Waals surface area contributed by atoms with Gasteiger partial charge in [-0.1, -0.05) is 11.6 Å². The molecule has 0 aliphatic heterocycles. The highest BCUT2D eigenvalue weighted by molar-refractivity contribution is 6.31. The summed E-state index contributed by atoms with van der Waals surface area (Å²) in [6.45, 7) is 4.29. The first-order valence-electron chi connectivity index (χ1n) is 8.04. The molecule has 0 N–H and O–H groups in total. The van der Waals surface area contributed by atoms with E-state index in [1.54, 1.807) is 13.1 Å². The molecule has 5 nitrogen and oxygen atoms in total. The standard InChI is InChI=1S/C19H19ClN2O3/c1-3-25-18(23)11-24-12-22-17-7-6-15(20)9-16(17)13(2)19(22)14-5-4-8-21-10-14/h4-10H,3,11-12H2,1-2H3. The number of rotatable bonds is 6. The number of hydrogen-bond acceptors (Lipinski definition) is 4. The zero-order chi connectivity index (χ0) is 17.8. The minimum atomic E-state index is -0.373. The van der Waals surface area contributed by atoms with Crippen molar-refractivity contribution >= 4 is 28.5 Å². The molecule has 3 rings (SSSR count). The molecule has 0 radical (unpaired) electrons. The van der Waals surface area contributed by atoms with E-state index < -0.39 is 0 Å². The molecular weight excluding hydrogens is 340 g/mol. The molecule has 0 amide bonds. The lowest BCUT2D eigenvalue weighted by Gasteiger charge is -2.12. The highest BCUT2D eigenvalue weighted by Gasteiger charge is 2.16. The average Bonchev–Trinajstić information content (AvgIpc) is 2.88. The van der Waals surface area contributed by atoms with E-state index in [0.717, 1.165) is 27.7 Å². The fraction of sp³-hybridized carbons (Fsp3) is 0.263. The minimum Gasteiger partial charge on any atom is -0.464 e. The molecule has 0 saturated heterocycles. The number of carbonyl (C=O) groups excluding carboxylic acids is 1. The number of aromatic nitrogens is 2. The predicted octanol–water partition coefficient (Wildman–Crippen LogP) is 4.20. The second kappa shape index (κ2) is 7.68. The first kappa shape index (κ1) is 17.5. The van der Waals surface area contributed by atoms with Gasteiger partial charge in [0.15, 0.2) is 0 Å². The normalized spacial score (nSPS) is 11.0. The Morgan fingerprint density at radius 2 is 2.16 bits per heavy atom. The van der Waals surface area contributed by atoms with Crippen molar-refractivity contribution in [2.24, 2.45) is 0 Å². The SMILES string of the molecule is CCOC(=O)COCn1c(-c2cccnc2)c(C)c2cc(Cl)ccc21. The molecule has 0 aliphatic rings. The monoisotopic (exact) mass is 358 g/mol. The van der Waals surface area contributed by atoms with E-state index >= 15 is 0 Å². The van der Waals surface area contributed by atoms with E-state index in [2.05, 4.69) is 4.98 Å². The van der Waals surface area contributed by atoms with E-state index in [1.807, 2.05) is 48.0 Å². The number of nitrogens with zero attached hydrogens (tertiary/aromatic N) is 2. The number of carbonyl (C=O) groups is 1. The number of ether oxygens (including phenoxy) is 2. The molecule has 130 valence electrons. The topological polar surface area (TPSA) is 53.4 Å². The van der Waals surface area contributed by atoms with Crippen molar-refractivity contribution in [2.75, 3.05) is 13.2 Å². The summed E-state index contributed by atoms with van der Waals surface area (Å²) < 4.78 is 12.5. The smallest absolute Gasteiger partial charge is 0.332 e. The minimum absolute atomic E-state index is 0.0906. The van der Waals surface area contributed by atoms with Crippen LogP contribution in [0.5, 0.6) is 0 Å². The quantitative estimate of drug-likeness (QED) is 0.619. The summed E-state index contributed by atoms with van der Waals surface area (Å²) in [7, 11) is 0. The second-order valence-corrected chi connectivity index (χ2v) is 6.02. The zero-order valence-corrected chi connectivity index (χ0v) is 14.9. The summed E-state index contributed by atoms with van der Waals surface area (Å²) in [5, 5.41) is 1.73. The number of aryl methyl sites for hydroxylation is 1. The Hall–Kier alpha value is -2.37. The van der Waals surface area contributed by atoms with E-state index in [-0.39, 0.29) is 19.3 Å². The zero-order valence-electron chi connectivity index (χ0n) is 14.2. The summed E-state index contributed by atoms with van der Waals surface area (Å²) in [6.07, 6.45) is 3.55. The van der Waals surface area contributed by atoms with Crippen molar-refractivity contribution in [1.82, 2.24) is 9.55 Å². The van der Waals surface area contributed by atoms with Crippen LogP contribution >= 0.6 is 11.6 Å². The van der Waals surface area contributed by atoms with Crippen LogP contribution < -0.4 is 0 Å². The van der Waals surface area contributed by atoms with Gasteiger partial charge in [0.1, 0.15) is 13.3 Å². The average molecular weight is 359 g/mol. The van der Waals surface area contributed by atoms with Crippen molar-refractivity contribution in [3.63, 3.8) is 0 Å². The van der Waals surface area contributed by atoms with Crippen LogP contribution in [0.4, 0.5) is 0 Å². The Bertz CT molecular complexity index is 891. The van der Waals surface area contributed by atoms with Crippen LogP contribution in [-0.4, -0.2) is 28.7 Å². The van der Waals surface area contributed by atoms with Gasteiger partial charge >= 0.3 is 5.97 Å². The lowest BCUT2D eigenvalue weighted by molar-refractivity contribution is -0.149. The fourth-order valence-electron chi connectivity index (χ4n) is 2.93. The van der Waals surface area contributed by atoms with Gasteiger partial charge in [-0.2, -0.15) is 0 Å². The molecule has 2 heterocycles. The molecule has 0 atom stereocenters. The second-order valence-electron chi connectivity index (χ2n) is 5.59. The molecule has 6 heteroatoms. The van der Waals surface area contributed by atoms with Crippen molar-refractivity contribution < 1.29 is 14.3 Å². The van der Waals surface area contributed by atoms with Crippen LogP contribution in [0.2, 0.25) is 5.02 Å². The summed E-state index contributed by atoms with van der Waals surface area (Å²) in [5.74, 6) is -0.373. The summed E-state index contributed by atoms with van der Waals surface area (Å²) >= 11 is 6.16. The first-order valence-corrected chi connectivity index (χ1v) is 8.41. The molecule has 0 bridgehead atoms. The van der Waals surface area contributed by atoms with E-state index in [0.29, 0.717) is 11.6 Å². The molecule has 2 aromatic heterocycles. The molecule has 25 heavy (non-hydrogen) atoms. The van der Waals surface area contributed by atoms with Crippen LogP contribution in [0, 0.1) is 6.92 Å². The van der Waals surface area contributed by atoms with Gasteiger partial charge in [0.25, 0.3) is 0 Å². The van der Waals surface area contributed by atoms with Gasteiger partial charge in [-0.25, -0.2) is 4.79 Å². The van der Waals surface area contributed by atoms with Crippen molar-refractivity contribution in [3.05, 3.63) is 53.3 Å². The highest BCUT2D eigenvalue weighted by Crippen LogP contribution is 2.34. The van der Waals surface area contributed by atoms with Crippen LogP contribution in [0.1, 0.15) is 12.5 Å². The number of esters is 1. The fourth-order valence-corrected chi connectivity index (χ4v) is 3.10. The van der Waals surface area contributed by atoms with Crippen LogP contribution in [-0.2, 0) is 21.0 Å². The maximum absolute atomic E-state index is 11.5. The summed E-state index contributed by atoms with van der Waals surface area (Å²) in [5.41, 5.74) is 4.05. The molecular formula is C19H19ClN2O3. The van der Waals surface area contributed by atoms with Crippen molar-refractivity contribution in [1.29, 1.82) is 0 Å². The number of benzene rings is 1. The molecule has 1 aromatic carbocycles. The third kappa shape index (κ3) is 3.67. The van der Waals surface area contributed by atoms with Crippen molar-refractivity contribution in [2.45, 2.75) is 20.6 Å². The van der Waals surface area contributed by atoms with E-state index in [4.69, 9.17) is 21.1 Å². The molecule has 3 aromatic rings. The lowest BCUT2D eigenvalue weighted by atomic mass is 10.1. The summed E-state index contributed by atoms with van der Waals surface area (Å²) in [6, 6.07) is 9.63. The number of pyridine rings is 1. The maximum atomic E-state index is 11.5. The predicted molar refractivity (Wildman–Crippen MR) is 97.5 cm³/mol. The third-order valence-corrected chi connectivity index (χ3v) is 4.19. The van der Waals surface area contributed by atoms with Crippen LogP contribution in [0.25, 0.3) is 22.2 Å². The Balaban J connectivity index is 2.01. The Kier molecular flexibility index (Phi) is 5.36. The largest absolute Gasteiger partial charge is 0.464 e. The third-order valence-electron chi connectivity index (χ3n) is 3.96. The van der Waals surface area contributed by atoms with Crippen LogP contribution in [0.3, 0.4) is 0 Å². The Morgan fingerprint density at radius 3 is 2.88 bits per heavy atom. The highest BCUT2D eigenvalue weighted by atomic mass is 35.5. The lowest BCUT2D eigenvalue weighted by Crippen LogP contribution is -2.14. The molecule has 0 fully saturated rings. The van der Waals surface area contributed by atoms with Gasteiger partial charge in [0.2, 0.25) is 0 Å². The van der Waals surface area contributed by atoms with Gasteiger partial charge in [0.05, 0.1) is 17.8 Å². The van der Waals surface area contributed by atoms with Gasteiger partial charge in [-0.05, 0) is 49.7 Å². The first-order chi connectivity index (χ1) is 12.1. The maximum Gasteiger partial charge on any atom is 0.332 e. The van der Waals surface area contributed by atoms with Crippen LogP contribution in [0.15, 0.2) is 42.7 Å². The molecule has 0 spiro atoms. The van der Waals surface area contributed by atoms with E-state index in [9.17, 15) is 4.79 Å². The molecule has 0 aliphatic carbocycles.